The molecule has 6 aromatic carbocycles. The van der Waals surface area contributed by atoms with Gasteiger partial charge in [0.15, 0.2) is 7.38 Å². The highest BCUT2D eigenvalue weighted by atomic mass is 80.9. The number of aryl methyl sites for hydroxylation is 6. The molecular weight excluding hydrogens is 1800 g/mol. The normalized spacial score (nSPS) is 12.8. The van der Waals surface area contributed by atoms with E-state index < -0.39 is 37.1 Å². The lowest BCUT2D eigenvalue weighted by Crippen LogP contribution is -2.43. The third kappa shape index (κ3) is 45.0. The van der Waals surface area contributed by atoms with Crippen molar-refractivity contribution in [1.82, 2.24) is 0 Å². The van der Waals surface area contributed by atoms with Crippen molar-refractivity contribution < 1.29 is 96.9 Å². The van der Waals surface area contributed by atoms with Crippen molar-refractivity contribution in [3.8, 4) is 34.5 Å². The summed E-state index contributed by atoms with van der Waals surface area (Å²) in [7, 11) is 0.870. The second kappa shape index (κ2) is 52.7. The maximum absolute atomic E-state index is 11.5. The van der Waals surface area contributed by atoms with Gasteiger partial charge in [-0.2, -0.15) is 11.1 Å². The average Bonchev–Trinajstić information content (AvgIpc) is 1.75. The van der Waals surface area contributed by atoms with Crippen LogP contribution in [-0.4, -0.2) is 138 Å². The Labute approximate surface area is 724 Å². The van der Waals surface area contributed by atoms with Gasteiger partial charge in [0, 0.05) is 75.7 Å². The van der Waals surface area contributed by atoms with Gasteiger partial charge in [-0.05, 0) is 253 Å². The van der Waals surface area contributed by atoms with E-state index in [1.54, 1.807) is 72.8 Å². The fourth-order valence-corrected chi connectivity index (χ4v) is 12.4. The van der Waals surface area contributed by atoms with Crippen molar-refractivity contribution in [2.45, 2.75) is 250 Å². The van der Waals surface area contributed by atoms with Gasteiger partial charge in [-0.3, -0.25) is 28.8 Å². The van der Waals surface area contributed by atoms with Crippen LogP contribution in [0.2, 0.25) is 60.2 Å². The zero-order valence-corrected chi connectivity index (χ0v) is 81.0. The minimum absolute atomic E-state index is 0.101. The number of methoxy groups -OCH3 is 5. The molecule has 20 nitrogen and oxygen atoms in total. The summed E-state index contributed by atoms with van der Waals surface area (Å²) in [5.41, 5.74) is 8.73. The lowest BCUT2D eigenvalue weighted by atomic mass is 9.84. The van der Waals surface area contributed by atoms with E-state index in [0.717, 1.165) is 67.5 Å². The Morgan fingerprint density at radius 2 is 0.696 bits per heavy atom. The topological polar surface area (TPSA) is 309 Å². The van der Waals surface area contributed by atoms with E-state index in [1.165, 1.54) is 77.9 Å². The van der Waals surface area contributed by atoms with Crippen LogP contribution in [0.5, 0.6) is 34.5 Å². The Kier molecular flexibility index (Phi) is 48.9. The van der Waals surface area contributed by atoms with Crippen LogP contribution in [0.15, 0.2) is 130 Å². The number of benzene rings is 6. The van der Waals surface area contributed by atoms with Crippen LogP contribution >= 0.6 is 71.2 Å². The third-order valence-electron chi connectivity index (χ3n) is 20.1. The minimum atomic E-state index is -1.84. The first kappa shape index (κ1) is 107. The summed E-state index contributed by atoms with van der Waals surface area (Å²) in [6, 6.07) is 36.3. The van der Waals surface area contributed by atoms with Crippen LogP contribution in [0.3, 0.4) is 0 Å². The monoisotopic (exact) mass is 1920 g/mol. The predicted molar refractivity (Wildman–Crippen MR) is 482 cm³/mol. The number of hydrogen-bond acceptors (Lipinski definition) is 19. The molecule has 3 aliphatic carbocycles. The molecule has 115 heavy (non-hydrogen) atoms. The van der Waals surface area contributed by atoms with Gasteiger partial charge in [0.25, 0.3) is 0 Å². The number of carboxylic acid groups (broad SMARTS) is 1. The number of rotatable bonds is 25. The van der Waals surface area contributed by atoms with Gasteiger partial charge in [0.1, 0.15) is 34.5 Å². The number of esters is 5. The Hall–Kier alpha value is -6.21. The molecule has 3 saturated carbocycles. The number of phenols is 4. The molecule has 29 heteroatoms. The van der Waals surface area contributed by atoms with Gasteiger partial charge in [0.2, 0.25) is 16.6 Å². The number of aromatic hydroxyl groups is 4. The zero-order chi connectivity index (χ0) is 87.8. The van der Waals surface area contributed by atoms with Crippen molar-refractivity contribution >= 4 is 138 Å². The molecule has 0 amide bonds. The van der Waals surface area contributed by atoms with E-state index >= 15 is 0 Å². The van der Waals surface area contributed by atoms with Crippen molar-refractivity contribution in [1.29, 1.82) is 0 Å². The molecule has 0 heterocycles. The number of phenolic OH excluding ortho intramolecular Hbond substituents is 4. The number of hydrogen-bond donors (Lipinski definition) is 7. The number of ether oxygens (including phenoxy) is 5. The first-order valence-corrected chi connectivity index (χ1v) is 53.5. The summed E-state index contributed by atoms with van der Waals surface area (Å²) in [4.78, 5) is 65.7. The maximum Gasteiger partial charge on any atom is 0.454 e. The first-order valence-electron chi connectivity index (χ1n) is 38.4. The standard InChI is InChI=1S/C19H30O3Si.C16H25BrO3Si.C13H16O3.C10H11BrO3.C10H12O3.C9H10O3.C6H15ClSi.C3H7BO2.Br2/c1-19(2,3)23(5,6)22-16-10-11-17(14-7-8-14)15(13-16)9-12-18(20)21-4;1-16(2,3)21(5,6)20-13-8-9-14(17)12(11-13)7-10-15(18)19-4;1-16-13(15)7-4-10-8-11(14)5-6-12(10)9-2-3-9;1-14-10(13)5-2-7-6-8(12)3-4-9(7)11;1-13-10(12)6-5-8-3-2-4-9(11)7-8;10-8-3-1-2-7(6-8)4-5-9(11)12;1-6(2,3)8(4,5)7;5-4(6)3-1-2-3;1-2/h10-11,13-14H,7-9,12H2,1-6H3;8-9,11H,7,10H2,1-6H3;5-6,8-9,14H,2-4,7H2,1H3;3-4,6,12H,2,5H2,1H3;2-4,7,11H,5-6H2,1H3;1-3,6,10H,4-5H2,(H,11,12);1-5H3;3,5-6H,1-2H2;. The van der Waals surface area contributed by atoms with Crippen LogP contribution < -0.4 is 8.85 Å². The molecule has 640 valence electrons. The van der Waals surface area contributed by atoms with E-state index in [0.29, 0.717) is 81.1 Å². The van der Waals surface area contributed by atoms with E-state index in [1.807, 2.05) is 30.3 Å². The van der Waals surface area contributed by atoms with E-state index in [2.05, 4.69) is 199 Å². The Morgan fingerprint density at radius 1 is 0.409 bits per heavy atom. The summed E-state index contributed by atoms with van der Waals surface area (Å²) in [6.07, 6.45) is 12.5. The second-order valence-corrected chi connectivity index (χ2v) is 51.1. The molecule has 3 fully saturated rings. The number of halogens is 5. The molecule has 0 aromatic heterocycles. The zero-order valence-electron chi connectivity index (χ0n) is 70.9. The predicted octanol–water partition coefficient (Wildman–Crippen LogP) is 22.1. The van der Waals surface area contributed by atoms with Crippen LogP contribution in [0.25, 0.3) is 0 Å². The Balaban J connectivity index is 0.000000672. The molecule has 0 radical (unpaired) electrons. The van der Waals surface area contributed by atoms with Crippen molar-refractivity contribution in [2.24, 2.45) is 0 Å². The minimum Gasteiger partial charge on any atom is -0.543 e. The average molecular weight is 1930 g/mol. The molecule has 0 bridgehead atoms. The lowest BCUT2D eigenvalue weighted by molar-refractivity contribution is -0.141. The van der Waals surface area contributed by atoms with E-state index in [-0.39, 0.29) is 75.2 Å². The summed E-state index contributed by atoms with van der Waals surface area (Å²) in [5.74, 6) is 2.36. The number of carbonyl (C=O) groups excluding carboxylic acids is 5. The SMILES string of the molecule is BrBr.CC(C)(C)[Si](C)(C)Cl.COC(=O)CCc1cc(O)ccc1Br.COC(=O)CCc1cc(O)ccc1C1CC1.COC(=O)CCc1cc(O[Si](C)(C)C(C)(C)C)ccc1Br.COC(=O)CCc1cc(O[Si](C)(C)C(C)(C)C)ccc1C1CC1.COC(=O)CCc1cccc(O)c1.O=C(O)CCc1cccc(O)c1.OB(O)C1CC1. The molecule has 0 atom stereocenters. The fraction of sp³-hybridized carbons (Fsp3) is 0.512. The van der Waals surface area contributed by atoms with Gasteiger partial charge in [-0.25, -0.2) is 0 Å². The van der Waals surface area contributed by atoms with Crippen LogP contribution in [0, 0.1) is 0 Å². The fourth-order valence-electron chi connectivity index (χ4n) is 9.48. The van der Waals surface area contributed by atoms with Gasteiger partial charge in [-0.1, -0.05) is 157 Å². The smallest absolute Gasteiger partial charge is 0.454 e. The number of carboxylic acids is 1. The second-order valence-electron chi connectivity index (χ2n) is 32.6. The molecule has 6 aromatic rings. The largest absolute Gasteiger partial charge is 0.543 e. The molecule has 7 N–H and O–H groups in total. The van der Waals surface area contributed by atoms with Gasteiger partial charge in [-0.15, -0.1) is 0 Å². The molecule has 0 unspecified atom stereocenters. The first-order chi connectivity index (χ1) is 53.5. The number of aliphatic carboxylic acids is 1. The lowest BCUT2D eigenvalue weighted by Gasteiger charge is -2.36. The quantitative estimate of drug-likeness (QED) is 0.0121. The molecule has 0 aliphatic heterocycles. The van der Waals surface area contributed by atoms with E-state index in [4.69, 9.17) is 50.0 Å². The van der Waals surface area contributed by atoms with Crippen molar-refractivity contribution in [2.75, 3.05) is 35.5 Å². The highest BCUT2D eigenvalue weighted by Crippen LogP contribution is 2.46. The van der Waals surface area contributed by atoms with Crippen molar-refractivity contribution in [3.05, 3.63) is 175 Å². The Bertz CT molecular complexity index is 3950. The van der Waals surface area contributed by atoms with Crippen molar-refractivity contribution in [3.63, 3.8) is 0 Å². The summed E-state index contributed by atoms with van der Waals surface area (Å²) >= 11 is 18.5. The highest BCUT2D eigenvalue weighted by Gasteiger charge is 2.41. The van der Waals surface area contributed by atoms with Gasteiger partial charge >= 0.3 is 42.9 Å². The molecule has 0 spiro atoms. The van der Waals surface area contributed by atoms with Gasteiger partial charge in [0.05, 0.1) is 35.5 Å². The molecule has 3 aliphatic rings. The summed E-state index contributed by atoms with van der Waals surface area (Å²) in [6.45, 7) is 33.3. The highest BCUT2D eigenvalue weighted by molar-refractivity contribution is 9.93. The molecule has 0 saturated heterocycles. The molecule has 9 rings (SSSR count). The van der Waals surface area contributed by atoms with Gasteiger partial charge < -0.3 is 68.1 Å². The van der Waals surface area contributed by atoms with Crippen LogP contribution in [-0.2, 0) is 91.0 Å². The number of carbonyl (C=O) groups is 6. The summed E-state index contributed by atoms with van der Waals surface area (Å²) < 4.78 is 37.7. The molecular formula is C86H126BBr4ClO20Si3. The van der Waals surface area contributed by atoms with Crippen LogP contribution in [0.4, 0.5) is 0 Å². The van der Waals surface area contributed by atoms with E-state index in [9.17, 15) is 39.0 Å². The third-order valence-corrected chi connectivity index (χ3v) is 35.6. The Morgan fingerprint density at radius 3 is 1.01 bits per heavy atom. The van der Waals surface area contributed by atoms with Crippen LogP contribution in [0.1, 0.15) is 196 Å². The maximum atomic E-state index is 11.5. The summed E-state index contributed by atoms with van der Waals surface area (Å²) in [5, 5.41) is 62.4.